The van der Waals surface area contributed by atoms with Gasteiger partial charge in [-0.3, -0.25) is 0 Å². The predicted octanol–water partition coefficient (Wildman–Crippen LogP) is 5.10. The first-order valence-electron chi connectivity index (χ1n) is 9.89. The molecule has 3 aromatic carbocycles. The molecule has 0 bridgehead atoms. The summed E-state index contributed by atoms with van der Waals surface area (Å²) in [7, 11) is 1.89. The Bertz CT molecular complexity index is 1210. The Morgan fingerprint density at radius 3 is 2.61 bits per heavy atom. The Labute approximate surface area is 181 Å². The van der Waals surface area contributed by atoms with Gasteiger partial charge in [-0.2, -0.15) is 5.26 Å². The normalized spacial score (nSPS) is 11.5. The molecule has 4 aromatic rings. The van der Waals surface area contributed by atoms with Gasteiger partial charge in [0.2, 0.25) is 0 Å². The first-order chi connectivity index (χ1) is 15.1. The number of aliphatic hydroxyl groups excluding tert-OH is 1. The van der Waals surface area contributed by atoms with Crippen LogP contribution in [0, 0.1) is 11.3 Å². The van der Waals surface area contributed by atoms with Gasteiger partial charge in [-0.25, -0.2) is 4.98 Å². The Balaban J connectivity index is 1.55. The molecule has 154 valence electrons. The number of rotatable bonds is 7. The van der Waals surface area contributed by atoms with Gasteiger partial charge in [-0.15, -0.1) is 0 Å². The highest BCUT2D eigenvalue weighted by Crippen LogP contribution is 2.31. The van der Waals surface area contributed by atoms with E-state index < -0.39 is 6.10 Å². The maximum atomic E-state index is 10.7. The van der Waals surface area contributed by atoms with Crippen molar-refractivity contribution in [2.75, 3.05) is 5.32 Å². The van der Waals surface area contributed by atoms with Gasteiger partial charge < -0.3 is 19.7 Å². The van der Waals surface area contributed by atoms with Gasteiger partial charge in [-0.1, -0.05) is 30.3 Å². The number of nitriles is 1. The van der Waals surface area contributed by atoms with E-state index in [0.29, 0.717) is 29.0 Å². The van der Waals surface area contributed by atoms with Crippen molar-refractivity contribution < 1.29 is 9.84 Å². The number of para-hydroxylation sites is 1. The van der Waals surface area contributed by atoms with Gasteiger partial charge in [0.15, 0.2) is 0 Å². The molecule has 0 aliphatic carbocycles. The Kier molecular flexibility index (Phi) is 5.97. The molecular formula is C25H22N4O2. The van der Waals surface area contributed by atoms with Crippen LogP contribution >= 0.6 is 0 Å². The van der Waals surface area contributed by atoms with Crippen LogP contribution in [0.2, 0.25) is 0 Å². The largest absolute Gasteiger partial charge is 0.456 e. The van der Waals surface area contributed by atoms with Crippen molar-refractivity contribution in [3.63, 3.8) is 0 Å². The van der Waals surface area contributed by atoms with E-state index >= 15 is 0 Å². The van der Waals surface area contributed by atoms with Crippen molar-refractivity contribution in [2.45, 2.75) is 12.5 Å². The number of hydrogen-bond donors (Lipinski definition) is 2. The molecule has 0 aliphatic heterocycles. The smallest absolute Gasteiger partial charge is 0.145 e. The quantitative estimate of drug-likeness (QED) is 0.443. The van der Waals surface area contributed by atoms with Crippen LogP contribution in [-0.2, 0) is 13.5 Å². The molecule has 1 heterocycles. The summed E-state index contributed by atoms with van der Waals surface area (Å²) in [5.41, 5.74) is 3.83. The molecule has 0 saturated carbocycles. The predicted molar refractivity (Wildman–Crippen MR) is 119 cm³/mol. The minimum Gasteiger partial charge on any atom is -0.456 e. The standard InChI is InChI=1S/C25H22N4O2/c1-29-17-27-16-22(29)14-24(30)18-10-11-19(15-26)25(12-18)31-23-9-5-8-21(13-23)28-20-6-3-2-4-7-20/h2-13,16-17,24,28,30H,14H2,1H3. The van der Waals surface area contributed by atoms with Crippen LogP contribution < -0.4 is 10.1 Å². The van der Waals surface area contributed by atoms with Crippen LogP contribution in [0.4, 0.5) is 11.4 Å². The van der Waals surface area contributed by atoms with Crippen LogP contribution in [0.5, 0.6) is 11.5 Å². The molecule has 0 spiro atoms. The molecule has 1 atom stereocenters. The number of ether oxygens (including phenoxy) is 1. The van der Waals surface area contributed by atoms with Crippen LogP contribution in [-0.4, -0.2) is 14.7 Å². The fourth-order valence-corrected chi connectivity index (χ4v) is 3.27. The van der Waals surface area contributed by atoms with Gasteiger partial charge in [-0.05, 0) is 42.0 Å². The van der Waals surface area contributed by atoms with Crippen molar-refractivity contribution >= 4 is 11.4 Å². The van der Waals surface area contributed by atoms with Gasteiger partial charge in [0, 0.05) is 42.8 Å². The molecule has 6 nitrogen and oxygen atoms in total. The van der Waals surface area contributed by atoms with Crippen LogP contribution in [0.25, 0.3) is 0 Å². The number of nitrogens with zero attached hydrogens (tertiary/aromatic N) is 3. The molecule has 31 heavy (non-hydrogen) atoms. The monoisotopic (exact) mass is 410 g/mol. The summed E-state index contributed by atoms with van der Waals surface area (Å²) in [6.07, 6.45) is 3.11. The molecule has 1 aromatic heterocycles. The average Bonchev–Trinajstić information content (AvgIpc) is 3.19. The highest BCUT2D eigenvalue weighted by molar-refractivity contribution is 5.61. The second-order valence-corrected chi connectivity index (χ2v) is 7.20. The number of aliphatic hydroxyl groups is 1. The lowest BCUT2D eigenvalue weighted by atomic mass is 10.0. The zero-order chi connectivity index (χ0) is 21.6. The molecule has 0 fully saturated rings. The summed E-state index contributed by atoms with van der Waals surface area (Å²) in [5, 5.41) is 23.5. The molecule has 4 rings (SSSR count). The van der Waals surface area contributed by atoms with Crippen molar-refractivity contribution in [3.8, 4) is 17.6 Å². The van der Waals surface area contributed by atoms with Crippen molar-refractivity contribution in [3.05, 3.63) is 102 Å². The topological polar surface area (TPSA) is 83.1 Å². The summed E-state index contributed by atoms with van der Waals surface area (Å²) in [6, 6.07) is 24.7. The Morgan fingerprint density at radius 1 is 1.06 bits per heavy atom. The van der Waals surface area contributed by atoms with Crippen LogP contribution in [0.3, 0.4) is 0 Å². The van der Waals surface area contributed by atoms with Gasteiger partial charge in [0.1, 0.15) is 17.6 Å². The number of imidazole rings is 1. The minimum absolute atomic E-state index is 0.401. The fraction of sp³-hybridized carbons (Fsp3) is 0.120. The first kappa shape index (κ1) is 20.2. The number of aryl methyl sites for hydroxylation is 1. The number of benzene rings is 3. The zero-order valence-electron chi connectivity index (χ0n) is 17.1. The molecule has 0 saturated heterocycles. The lowest BCUT2D eigenvalue weighted by Crippen LogP contribution is -2.06. The van der Waals surface area contributed by atoms with Gasteiger partial charge >= 0.3 is 0 Å². The van der Waals surface area contributed by atoms with E-state index in [1.54, 1.807) is 30.7 Å². The average molecular weight is 410 g/mol. The SMILES string of the molecule is Cn1cncc1CC(O)c1ccc(C#N)c(Oc2cccc(Nc3ccccc3)c2)c1. The molecule has 0 amide bonds. The molecule has 2 N–H and O–H groups in total. The van der Waals surface area contributed by atoms with E-state index in [9.17, 15) is 10.4 Å². The van der Waals surface area contributed by atoms with E-state index in [1.807, 2.05) is 66.2 Å². The van der Waals surface area contributed by atoms with Crippen molar-refractivity contribution in [2.24, 2.45) is 7.05 Å². The van der Waals surface area contributed by atoms with E-state index in [-0.39, 0.29) is 0 Å². The summed E-state index contributed by atoms with van der Waals surface area (Å²) in [4.78, 5) is 4.09. The van der Waals surface area contributed by atoms with Crippen LogP contribution in [0.15, 0.2) is 85.3 Å². The fourth-order valence-electron chi connectivity index (χ4n) is 3.27. The van der Waals surface area contributed by atoms with Crippen molar-refractivity contribution in [1.29, 1.82) is 5.26 Å². The molecule has 0 radical (unpaired) electrons. The third kappa shape index (κ3) is 4.92. The van der Waals surface area contributed by atoms with Crippen molar-refractivity contribution in [1.82, 2.24) is 9.55 Å². The summed E-state index contributed by atoms with van der Waals surface area (Å²) >= 11 is 0. The number of anilines is 2. The second kappa shape index (κ2) is 9.16. The molecular weight excluding hydrogens is 388 g/mol. The molecule has 1 unspecified atom stereocenters. The third-order valence-electron chi connectivity index (χ3n) is 4.95. The van der Waals surface area contributed by atoms with Crippen LogP contribution in [0.1, 0.15) is 22.9 Å². The Morgan fingerprint density at radius 2 is 1.87 bits per heavy atom. The zero-order valence-corrected chi connectivity index (χ0v) is 17.1. The Hall–Kier alpha value is -4.08. The third-order valence-corrected chi connectivity index (χ3v) is 4.95. The maximum absolute atomic E-state index is 10.7. The maximum Gasteiger partial charge on any atom is 0.145 e. The highest BCUT2D eigenvalue weighted by Gasteiger charge is 2.15. The van der Waals surface area contributed by atoms with E-state index in [0.717, 1.165) is 17.1 Å². The molecule has 6 heteroatoms. The number of nitrogens with one attached hydrogen (secondary N) is 1. The lowest BCUT2D eigenvalue weighted by Gasteiger charge is -2.15. The highest BCUT2D eigenvalue weighted by atomic mass is 16.5. The molecule has 0 aliphatic rings. The van der Waals surface area contributed by atoms with E-state index in [4.69, 9.17) is 4.74 Å². The summed E-state index contributed by atoms with van der Waals surface area (Å²) in [6.45, 7) is 0. The summed E-state index contributed by atoms with van der Waals surface area (Å²) < 4.78 is 7.91. The minimum atomic E-state index is -0.739. The van der Waals surface area contributed by atoms with E-state index in [2.05, 4.69) is 16.4 Å². The number of aromatic nitrogens is 2. The lowest BCUT2D eigenvalue weighted by molar-refractivity contribution is 0.176. The second-order valence-electron chi connectivity index (χ2n) is 7.20. The van der Waals surface area contributed by atoms with E-state index in [1.165, 1.54) is 0 Å². The summed E-state index contributed by atoms with van der Waals surface area (Å²) in [5.74, 6) is 0.997. The number of hydrogen-bond acceptors (Lipinski definition) is 5. The van der Waals surface area contributed by atoms with Gasteiger partial charge in [0.05, 0.1) is 18.0 Å². The van der Waals surface area contributed by atoms with Gasteiger partial charge in [0.25, 0.3) is 0 Å². The first-order valence-corrected chi connectivity index (χ1v) is 9.89.